The van der Waals surface area contributed by atoms with Gasteiger partial charge < -0.3 is 10.6 Å². The number of halogens is 2. The molecule has 0 bridgehead atoms. The number of anilines is 2. The number of carbonyl (C=O) groups is 2. The molecule has 0 spiro atoms. The Hall–Kier alpha value is -2.31. The van der Waals surface area contributed by atoms with Crippen LogP contribution in [0.15, 0.2) is 42.6 Å². The van der Waals surface area contributed by atoms with E-state index in [2.05, 4.69) is 15.6 Å². The van der Waals surface area contributed by atoms with Crippen LogP contribution in [0.25, 0.3) is 0 Å². The summed E-state index contributed by atoms with van der Waals surface area (Å²) >= 11 is 11.7. The van der Waals surface area contributed by atoms with Crippen LogP contribution in [-0.2, 0) is 4.79 Å². The van der Waals surface area contributed by atoms with Crippen molar-refractivity contribution >= 4 is 46.5 Å². The Morgan fingerprint density at radius 3 is 2.64 bits per heavy atom. The molecule has 2 aromatic rings. The molecule has 2 atom stereocenters. The van der Waals surface area contributed by atoms with Gasteiger partial charge in [0.25, 0.3) is 0 Å². The van der Waals surface area contributed by atoms with E-state index >= 15 is 0 Å². The highest BCUT2D eigenvalue weighted by Crippen LogP contribution is 2.30. The van der Waals surface area contributed by atoms with Crippen LogP contribution in [0.5, 0.6) is 0 Å². The fourth-order valence-corrected chi connectivity index (χ4v) is 3.06. The molecule has 0 radical (unpaired) electrons. The van der Waals surface area contributed by atoms with Crippen molar-refractivity contribution in [3.8, 4) is 0 Å². The largest absolute Gasteiger partial charge is 0.320 e. The first-order valence-electron chi connectivity index (χ1n) is 7.72. The van der Waals surface area contributed by atoms with Gasteiger partial charge in [0.1, 0.15) is 11.3 Å². The third-order valence-corrected chi connectivity index (χ3v) is 4.39. The smallest absolute Gasteiger partial charge is 0.317 e. The number of urea groups is 1. The Labute approximate surface area is 155 Å². The number of nitrogens with one attached hydrogen (secondary N) is 2. The molecule has 1 aromatic heterocycles. The lowest BCUT2D eigenvalue weighted by atomic mass is 10.1. The molecule has 1 aliphatic rings. The molecule has 1 aliphatic heterocycles. The predicted molar refractivity (Wildman–Crippen MR) is 97.9 cm³/mol. The Bertz CT molecular complexity index is 797. The maximum absolute atomic E-state index is 12.5. The Balaban J connectivity index is 1.74. The van der Waals surface area contributed by atoms with Gasteiger partial charge in [-0.1, -0.05) is 30.1 Å². The molecule has 0 unspecified atom stereocenters. The third kappa shape index (κ3) is 4.03. The van der Waals surface area contributed by atoms with E-state index in [1.807, 2.05) is 6.92 Å². The topological polar surface area (TPSA) is 74.3 Å². The van der Waals surface area contributed by atoms with Crippen molar-refractivity contribution in [2.45, 2.75) is 19.5 Å². The Morgan fingerprint density at radius 1 is 1.24 bits per heavy atom. The van der Waals surface area contributed by atoms with Crippen molar-refractivity contribution in [3.05, 3.63) is 52.8 Å². The molecule has 8 heteroatoms. The van der Waals surface area contributed by atoms with E-state index in [-0.39, 0.29) is 17.0 Å². The Kier molecular flexibility index (Phi) is 5.11. The first-order chi connectivity index (χ1) is 11.9. The average Bonchev–Trinajstić information content (AvgIpc) is 2.82. The van der Waals surface area contributed by atoms with Crippen LogP contribution in [0.1, 0.15) is 13.3 Å². The maximum Gasteiger partial charge on any atom is 0.320 e. The molecule has 3 rings (SSSR count). The van der Waals surface area contributed by atoms with Crippen molar-refractivity contribution < 1.29 is 9.59 Å². The van der Waals surface area contributed by atoms with Gasteiger partial charge in [-0.2, -0.15) is 0 Å². The van der Waals surface area contributed by atoms with Crippen molar-refractivity contribution in [2.75, 3.05) is 10.2 Å². The highest BCUT2D eigenvalue weighted by Gasteiger charge is 2.38. The highest BCUT2D eigenvalue weighted by atomic mass is 35.5. The first kappa shape index (κ1) is 17.5. The molecular weight excluding hydrogens is 363 g/mol. The zero-order valence-electron chi connectivity index (χ0n) is 13.4. The normalized spacial score (nSPS) is 19.8. The maximum atomic E-state index is 12.5. The van der Waals surface area contributed by atoms with Gasteiger partial charge in [0.05, 0.1) is 0 Å². The summed E-state index contributed by atoms with van der Waals surface area (Å²) in [5, 5.41) is 6.38. The van der Waals surface area contributed by atoms with Crippen molar-refractivity contribution in [2.24, 2.45) is 5.92 Å². The minimum absolute atomic E-state index is 0.0421. The van der Waals surface area contributed by atoms with Crippen molar-refractivity contribution in [3.63, 3.8) is 0 Å². The van der Waals surface area contributed by atoms with Crippen LogP contribution in [0.3, 0.4) is 0 Å². The molecular formula is C17H16Cl2N4O2. The molecule has 3 amide bonds. The fourth-order valence-electron chi connectivity index (χ4n) is 2.76. The van der Waals surface area contributed by atoms with Crippen LogP contribution < -0.4 is 15.5 Å². The summed E-state index contributed by atoms with van der Waals surface area (Å²) in [6.07, 6.45) is 1.58. The molecule has 1 aromatic carbocycles. The monoisotopic (exact) mass is 378 g/mol. The van der Waals surface area contributed by atoms with Crippen molar-refractivity contribution in [1.82, 2.24) is 10.3 Å². The quantitative estimate of drug-likeness (QED) is 0.795. The van der Waals surface area contributed by atoms with Crippen LogP contribution in [0.4, 0.5) is 16.2 Å². The summed E-state index contributed by atoms with van der Waals surface area (Å²) in [6, 6.07) is 9.69. The molecule has 0 saturated carbocycles. The van der Waals surface area contributed by atoms with Gasteiger partial charge >= 0.3 is 6.03 Å². The molecule has 6 nitrogen and oxygen atoms in total. The summed E-state index contributed by atoms with van der Waals surface area (Å²) in [5.74, 6) is -0.226. The van der Waals surface area contributed by atoms with E-state index in [0.29, 0.717) is 22.8 Å². The highest BCUT2D eigenvalue weighted by molar-refractivity contribution is 6.30. The summed E-state index contributed by atoms with van der Waals surface area (Å²) < 4.78 is 0. The standard InChI is InChI=1S/C17H16Cl2N4O2/c1-10-8-15(22-17(25)21-12-6-7-20-14(19)9-12)23(16(10)24)13-4-2-11(18)3-5-13/h2-7,9-10,15H,8H2,1H3,(H2,20,21,22,25)/t10-,15+/m0/s1. The zero-order valence-corrected chi connectivity index (χ0v) is 14.9. The third-order valence-electron chi connectivity index (χ3n) is 3.93. The number of nitrogens with zero attached hydrogens (tertiary/aromatic N) is 2. The molecule has 25 heavy (non-hydrogen) atoms. The van der Waals surface area contributed by atoms with Crippen LogP contribution >= 0.6 is 23.2 Å². The summed E-state index contributed by atoms with van der Waals surface area (Å²) in [6.45, 7) is 1.84. The number of hydrogen-bond donors (Lipinski definition) is 2. The van der Waals surface area contributed by atoms with E-state index in [1.54, 1.807) is 41.3 Å². The lowest BCUT2D eigenvalue weighted by molar-refractivity contribution is -0.120. The Morgan fingerprint density at radius 2 is 1.96 bits per heavy atom. The van der Waals surface area contributed by atoms with E-state index in [4.69, 9.17) is 23.2 Å². The second kappa shape index (κ2) is 7.29. The lowest BCUT2D eigenvalue weighted by Gasteiger charge is -2.25. The van der Waals surface area contributed by atoms with Crippen LogP contribution in [-0.4, -0.2) is 23.1 Å². The van der Waals surface area contributed by atoms with E-state index in [1.165, 1.54) is 6.20 Å². The summed E-state index contributed by atoms with van der Waals surface area (Å²) in [7, 11) is 0. The van der Waals surface area contributed by atoms with Crippen molar-refractivity contribution in [1.29, 1.82) is 0 Å². The zero-order chi connectivity index (χ0) is 18.0. The number of carbonyl (C=O) groups excluding carboxylic acids is 2. The predicted octanol–water partition coefficient (Wildman–Crippen LogP) is 3.91. The average molecular weight is 379 g/mol. The number of aromatic nitrogens is 1. The van der Waals surface area contributed by atoms with Gasteiger partial charge in [-0.25, -0.2) is 9.78 Å². The number of benzene rings is 1. The van der Waals surface area contributed by atoms with E-state index in [9.17, 15) is 9.59 Å². The van der Waals surface area contributed by atoms with Gasteiger partial charge in [-0.15, -0.1) is 0 Å². The van der Waals surface area contributed by atoms with Gasteiger partial charge in [-0.3, -0.25) is 9.69 Å². The molecule has 0 aliphatic carbocycles. The number of rotatable bonds is 3. The van der Waals surface area contributed by atoms with Crippen LogP contribution in [0, 0.1) is 5.92 Å². The van der Waals surface area contributed by atoms with Gasteiger partial charge in [0.15, 0.2) is 0 Å². The first-order valence-corrected chi connectivity index (χ1v) is 8.47. The fraction of sp³-hybridized carbons (Fsp3) is 0.235. The number of pyridine rings is 1. The van der Waals surface area contributed by atoms with Gasteiger partial charge in [0, 0.05) is 28.5 Å². The van der Waals surface area contributed by atoms with E-state index < -0.39 is 12.2 Å². The second-order valence-corrected chi connectivity index (χ2v) is 6.63. The molecule has 1 saturated heterocycles. The molecule has 2 N–H and O–H groups in total. The van der Waals surface area contributed by atoms with E-state index in [0.717, 1.165) is 0 Å². The molecule has 130 valence electrons. The number of hydrogen-bond acceptors (Lipinski definition) is 3. The second-order valence-electron chi connectivity index (χ2n) is 5.80. The minimum Gasteiger partial charge on any atom is -0.317 e. The summed E-state index contributed by atoms with van der Waals surface area (Å²) in [5.41, 5.74) is 1.21. The number of amides is 3. The van der Waals surface area contributed by atoms with Gasteiger partial charge in [-0.05, 0) is 42.8 Å². The molecule has 2 heterocycles. The summed E-state index contributed by atoms with van der Waals surface area (Å²) in [4.78, 5) is 30.2. The lowest BCUT2D eigenvalue weighted by Crippen LogP contribution is -2.47. The SMILES string of the molecule is C[C@H]1C[C@H](NC(=O)Nc2ccnc(Cl)c2)N(c2ccc(Cl)cc2)C1=O. The van der Waals surface area contributed by atoms with Crippen LogP contribution in [0.2, 0.25) is 10.2 Å². The molecule has 1 fully saturated rings. The van der Waals surface area contributed by atoms with Gasteiger partial charge in [0.2, 0.25) is 5.91 Å². The minimum atomic E-state index is -0.444.